The van der Waals surface area contributed by atoms with Crippen LogP contribution in [0.4, 0.5) is 5.69 Å². The molecule has 7 aromatic rings. The second kappa shape index (κ2) is 9.10. The first-order valence-electron chi connectivity index (χ1n) is 12.8. The van der Waals surface area contributed by atoms with Crippen molar-refractivity contribution in [1.82, 2.24) is 0 Å². The molecule has 2 nitrogen and oxygen atoms in total. The van der Waals surface area contributed by atoms with Gasteiger partial charge >= 0.3 is 0 Å². The number of anilines is 1. The number of nitrogens with two attached hydrogens (primary N) is 1. The molecule has 7 rings (SSSR count). The molecule has 2 N–H and O–H groups in total. The summed E-state index contributed by atoms with van der Waals surface area (Å²) in [5, 5.41) is 2.20. The van der Waals surface area contributed by atoms with Crippen LogP contribution >= 0.6 is 0 Å². The lowest BCUT2D eigenvalue weighted by Crippen LogP contribution is -1.97. The van der Waals surface area contributed by atoms with Crippen molar-refractivity contribution >= 4 is 27.6 Å². The monoisotopic (exact) mass is 487 g/mol. The van der Waals surface area contributed by atoms with Gasteiger partial charge in [0.1, 0.15) is 11.2 Å². The highest BCUT2D eigenvalue weighted by Gasteiger charge is 2.21. The Labute approximate surface area is 221 Å². The van der Waals surface area contributed by atoms with E-state index >= 15 is 0 Å². The Morgan fingerprint density at radius 1 is 0.395 bits per heavy atom. The maximum Gasteiger partial charge on any atom is 0.143 e. The van der Waals surface area contributed by atoms with Gasteiger partial charge in [-0.3, -0.25) is 0 Å². The van der Waals surface area contributed by atoms with Crippen LogP contribution in [0.2, 0.25) is 0 Å². The molecule has 0 aliphatic carbocycles. The first kappa shape index (κ1) is 22.1. The molecule has 0 aliphatic heterocycles. The Kier molecular flexibility index (Phi) is 5.30. The van der Waals surface area contributed by atoms with Gasteiger partial charge in [-0.2, -0.15) is 0 Å². The molecule has 2 heteroatoms. The normalized spacial score (nSPS) is 11.3. The van der Waals surface area contributed by atoms with Gasteiger partial charge in [0.15, 0.2) is 0 Å². The molecule has 1 aromatic heterocycles. The number of benzene rings is 6. The predicted octanol–water partition coefficient (Wildman–Crippen LogP) is 9.84. The number of para-hydroxylation sites is 2. The fourth-order valence-corrected chi connectivity index (χ4v) is 5.47. The minimum absolute atomic E-state index is 0.724. The van der Waals surface area contributed by atoms with Gasteiger partial charge in [0.05, 0.1) is 0 Å². The molecule has 6 aromatic carbocycles. The van der Waals surface area contributed by atoms with Crippen molar-refractivity contribution in [3.8, 4) is 44.5 Å². The first-order chi connectivity index (χ1) is 18.8. The number of furan rings is 1. The van der Waals surface area contributed by atoms with Crippen LogP contribution in [0, 0.1) is 0 Å². The zero-order chi connectivity index (χ0) is 25.5. The second-order valence-electron chi connectivity index (χ2n) is 9.54. The molecule has 0 unspecified atom stereocenters. The zero-order valence-electron chi connectivity index (χ0n) is 20.8. The lowest BCUT2D eigenvalue weighted by atomic mass is 9.86. The Hall–Kier alpha value is -5.08. The van der Waals surface area contributed by atoms with Crippen molar-refractivity contribution in [3.05, 3.63) is 140 Å². The molecule has 38 heavy (non-hydrogen) atoms. The molecule has 0 saturated carbocycles. The van der Waals surface area contributed by atoms with Gasteiger partial charge in [0.2, 0.25) is 0 Å². The van der Waals surface area contributed by atoms with E-state index in [4.69, 9.17) is 10.2 Å². The lowest BCUT2D eigenvalue weighted by Gasteiger charge is -2.19. The summed E-state index contributed by atoms with van der Waals surface area (Å²) >= 11 is 0. The Morgan fingerprint density at radius 3 is 1.76 bits per heavy atom. The maximum absolute atomic E-state index is 6.78. The molecular weight excluding hydrogens is 462 g/mol. The zero-order valence-corrected chi connectivity index (χ0v) is 20.8. The molecule has 0 radical (unpaired) electrons. The summed E-state index contributed by atoms with van der Waals surface area (Å²) in [6.07, 6.45) is 0. The fraction of sp³-hybridized carbons (Fsp3) is 0. The molecule has 0 bridgehead atoms. The molecule has 0 fully saturated rings. The summed E-state index contributed by atoms with van der Waals surface area (Å²) in [6.45, 7) is 0. The van der Waals surface area contributed by atoms with E-state index in [0.29, 0.717) is 0 Å². The van der Waals surface area contributed by atoms with Gasteiger partial charge in [-0.25, -0.2) is 0 Å². The van der Waals surface area contributed by atoms with Crippen molar-refractivity contribution < 1.29 is 4.42 Å². The maximum atomic E-state index is 6.78. The van der Waals surface area contributed by atoms with E-state index in [1.807, 2.05) is 36.4 Å². The van der Waals surface area contributed by atoms with Crippen molar-refractivity contribution in [3.63, 3.8) is 0 Å². The Bertz CT molecular complexity index is 1900. The van der Waals surface area contributed by atoms with E-state index in [2.05, 4.69) is 103 Å². The van der Waals surface area contributed by atoms with Crippen LogP contribution < -0.4 is 5.73 Å². The standard InChI is InChI=1S/C36H25NO/c37-32-23-22-28(26-20-18-25(19-21-26)24-10-3-1-4-11-24)34(27-12-5-2-6-13-27)35(32)31-16-9-15-30-29-14-7-8-17-33(29)38-36(30)31/h1-23H,37H2. The van der Waals surface area contributed by atoms with Gasteiger partial charge in [-0.1, -0.05) is 127 Å². The third-order valence-corrected chi connectivity index (χ3v) is 7.28. The number of fused-ring (bicyclic) bond motifs is 3. The molecular formula is C36H25NO. The van der Waals surface area contributed by atoms with Crippen LogP contribution in [0.25, 0.3) is 66.4 Å². The highest BCUT2D eigenvalue weighted by atomic mass is 16.3. The Balaban J connectivity index is 1.49. The average Bonchev–Trinajstić information content (AvgIpc) is 3.37. The van der Waals surface area contributed by atoms with E-state index in [-0.39, 0.29) is 0 Å². The van der Waals surface area contributed by atoms with Gasteiger partial charge in [-0.05, 0) is 45.5 Å². The molecule has 1 heterocycles. The molecule has 0 amide bonds. The third kappa shape index (κ3) is 3.66. The lowest BCUT2D eigenvalue weighted by molar-refractivity contribution is 0.670. The first-order valence-corrected chi connectivity index (χ1v) is 12.8. The van der Waals surface area contributed by atoms with Gasteiger partial charge in [0.25, 0.3) is 0 Å². The number of nitrogen functional groups attached to an aromatic ring is 1. The average molecular weight is 488 g/mol. The van der Waals surface area contributed by atoms with Gasteiger partial charge < -0.3 is 10.2 Å². The highest BCUT2D eigenvalue weighted by Crippen LogP contribution is 2.46. The molecule has 0 saturated heterocycles. The third-order valence-electron chi connectivity index (χ3n) is 7.28. The van der Waals surface area contributed by atoms with Gasteiger partial charge in [-0.15, -0.1) is 0 Å². The van der Waals surface area contributed by atoms with Crippen molar-refractivity contribution in [2.24, 2.45) is 0 Å². The SMILES string of the molecule is Nc1ccc(-c2ccc(-c3ccccc3)cc2)c(-c2ccccc2)c1-c1cccc2c1oc1ccccc12. The molecule has 180 valence electrons. The number of hydrogen-bond acceptors (Lipinski definition) is 2. The van der Waals surface area contributed by atoms with E-state index in [1.165, 1.54) is 11.1 Å². The van der Waals surface area contributed by atoms with Crippen molar-refractivity contribution in [1.29, 1.82) is 0 Å². The van der Waals surface area contributed by atoms with Gasteiger partial charge in [0, 0.05) is 27.6 Å². The minimum atomic E-state index is 0.724. The van der Waals surface area contributed by atoms with Crippen LogP contribution in [0.5, 0.6) is 0 Å². The van der Waals surface area contributed by atoms with E-state index < -0.39 is 0 Å². The van der Waals surface area contributed by atoms with Crippen LogP contribution in [0.15, 0.2) is 144 Å². The smallest absolute Gasteiger partial charge is 0.143 e. The fourth-order valence-electron chi connectivity index (χ4n) is 5.47. The van der Waals surface area contributed by atoms with E-state index in [0.717, 1.165) is 61.0 Å². The highest BCUT2D eigenvalue weighted by molar-refractivity contribution is 6.13. The van der Waals surface area contributed by atoms with Crippen LogP contribution in [0.3, 0.4) is 0 Å². The largest absolute Gasteiger partial charge is 0.455 e. The van der Waals surface area contributed by atoms with Crippen LogP contribution in [-0.2, 0) is 0 Å². The summed E-state index contributed by atoms with van der Waals surface area (Å²) in [7, 11) is 0. The quantitative estimate of drug-likeness (QED) is 0.251. The van der Waals surface area contributed by atoms with Crippen LogP contribution in [-0.4, -0.2) is 0 Å². The topological polar surface area (TPSA) is 39.2 Å². The Morgan fingerprint density at radius 2 is 1.00 bits per heavy atom. The van der Waals surface area contributed by atoms with Crippen molar-refractivity contribution in [2.45, 2.75) is 0 Å². The van der Waals surface area contributed by atoms with Crippen LogP contribution in [0.1, 0.15) is 0 Å². The predicted molar refractivity (Wildman–Crippen MR) is 160 cm³/mol. The summed E-state index contributed by atoms with van der Waals surface area (Å²) in [4.78, 5) is 0. The molecule has 0 atom stereocenters. The molecule has 0 aliphatic rings. The van der Waals surface area contributed by atoms with E-state index in [1.54, 1.807) is 0 Å². The summed E-state index contributed by atoms with van der Waals surface area (Å²) in [6, 6.07) is 48.4. The summed E-state index contributed by atoms with van der Waals surface area (Å²) in [5.41, 5.74) is 18.1. The minimum Gasteiger partial charge on any atom is -0.455 e. The summed E-state index contributed by atoms with van der Waals surface area (Å²) in [5.74, 6) is 0. The number of rotatable bonds is 4. The van der Waals surface area contributed by atoms with Crippen molar-refractivity contribution in [2.75, 3.05) is 5.73 Å². The summed E-state index contributed by atoms with van der Waals surface area (Å²) < 4.78 is 6.44. The molecule has 0 spiro atoms. The number of hydrogen-bond donors (Lipinski definition) is 1. The second-order valence-corrected chi connectivity index (χ2v) is 9.54. The van der Waals surface area contributed by atoms with E-state index in [9.17, 15) is 0 Å².